The highest BCUT2D eigenvalue weighted by Gasteiger charge is 2.67. The summed E-state index contributed by atoms with van der Waals surface area (Å²) >= 11 is 6.23. The second-order valence-electron chi connectivity index (χ2n) is 6.23. The summed E-state index contributed by atoms with van der Waals surface area (Å²) in [6.07, 6.45) is 0.973. The molecule has 1 heterocycles. The fraction of sp³-hybridized carbons (Fsp3) is 0.529. The third-order valence-electron chi connectivity index (χ3n) is 4.91. The van der Waals surface area contributed by atoms with E-state index in [4.69, 9.17) is 21.1 Å². The number of benzene rings is 1. The van der Waals surface area contributed by atoms with Crippen molar-refractivity contribution in [2.24, 2.45) is 5.41 Å². The van der Waals surface area contributed by atoms with E-state index in [-0.39, 0.29) is 12.4 Å². The second-order valence-corrected chi connectivity index (χ2v) is 6.64. The van der Waals surface area contributed by atoms with Crippen molar-refractivity contribution in [3.63, 3.8) is 0 Å². The Hall–Kier alpha value is -1.59. The summed E-state index contributed by atoms with van der Waals surface area (Å²) < 4.78 is 11.0. The van der Waals surface area contributed by atoms with E-state index in [1.54, 1.807) is 13.0 Å². The Morgan fingerprint density at radius 3 is 2.87 bits per heavy atom. The number of ketones is 1. The Morgan fingerprint density at radius 2 is 2.17 bits per heavy atom. The van der Waals surface area contributed by atoms with Crippen LogP contribution < -0.4 is 5.32 Å². The summed E-state index contributed by atoms with van der Waals surface area (Å²) in [4.78, 5) is 24.9. The second kappa shape index (κ2) is 5.80. The monoisotopic (exact) mass is 337 g/mol. The number of hydrogen-bond acceptors (Lipinski definition) is 5. The van der Waals surface area contributed by atoms with Gasteiger partial charge in [0.1, 0.15) is 0 Å². The lowest BCUT2D eigenvalue weighted by Crippen LogP contribution is -2.48. The van der Waals surface area contributed by atoms with Crippen LogP contribution in [0.3, 0.4) is 0 Å². The zero-order chi connectivity index (χ0) is 16.7. The molecule has 1 saturated heterocycles. The Kier molecular flexibility index (Phi) is 4.10. The van der Waals surface area contributed by atoms with Crippen LogP contribution in [0.1, 0.15) is 33.1 Å². The van der Waals surface area contributed by atoms with E-state index in [0.29, 0.717) is 23.6 Å². The van der Waals surface area contributed by atoms with Gasteiger partial charge in [-0.05, 0) is 45.2 Å². The van der Waals surface area contributed by atoms with Crippen molar-refractivity contribution in [2.45, 2.75) is 44.9 Å². The summed E-state index contributed by atoms with van der Waals surface area (Å²) in [5.74, 6) is -0.832. The molecule has 1 aromatic rings. The molecule has 1 saturated carbocycles. The van der Waals surface area contributed by atoms with Crippen LogP contribution in [-0.2, 0) is 19.1 Å². The van der Waals surface area contributed by atoms with Crippen molar-refractivity contribution >= 4 is 29.0 Å². The summed E-state index contributed by atoms with van der Waals surface area (Å²) in [6, 6.07) is 7.30. The number of fused-ring (bicyclic) bond motifs is 1. The summed E-state index contributed by atoms with van der Waals surface area (Å²) in [5, 5.41) is 3.85. The number of carbonyl (C=O) groups is 2. The molecule has 1 aliphatic heterocycles. The lowest BCUT2D eigenvalue weighted by atomic mass is 9.78. The summed E-state index contributed by atoms with van der Waals surface area (Å²) in [6.45, 7) is 3.77. The van der Waals surface area contributed by atoms with Gasteiger partial charge in [0.15, 0.2) is 11.5 Å². The van der Waals surface area contributed by atoms with E-state index in [9.17, 15) is 9.59 Å². The van der Waals surface area contributed by atoms with Gasteiger partial charge in [-0.2, -0.15) is 0 Å². The molecular formula is C17H20ClNO4. The number of carbonyl (C=O) groups excluding carboxylic acids is 2. The zero-order valence-corrected chi connectivity index (χ0v) is 14.0. The lowest BCUT2D eigenvalue weighted by molar-refractivity contribution is -0.161. The van der Waals surface area contributed by atoms with Crippen LogP contribution in [-0.4, -0.2) is 30.2 Å². The molecule has 0 aromatic heterocycles. The molecule has 1 aromatic carbocycles. The number of Topliss-reactive ketones (excluding diaryl/α,β-unsaturated/α-hetero) is 1. The van der Waals surface area contributed by atoms with Crippen molar-refractivity contribution in [3.8, 4) is 0 Å². The quantitative estimate of drug-likeness (QED) is 0.675. The predicted molar refractivity (Wildman–Crippen MR) is 86.3 cm³/mol. The smallest absolute Gasteiger partial charge is 0.343 e. The molecule has 0 amide bonds. The van der Waals surface area contributed by atoms with Crippen LogP contribution in [0.25, 0.3) is 0 Å². The van der Waals surface area contributed by atoms with Crippen molar-refractivity contribution in [1.82, 2.24) is 0 Å². The SMILES string of the molecule is CCOC(=O)C1O[C@]2(Nc3ccccc3Cl)CCC[C@]2(C)C1=O. The molecule has 0 spiro atoms. The van der Waals surface area contributed by atoms with Gasteiger partial charge < -0.3 is 14.8 Å². The van der Waals surface area contributed by atoms with Crippen molar-refractivity contribution in [2.75, 3.05) is 11.9 Å². The molecule has 1 aliphatic carbocycles. The Labute approximate surface area is 140 Å². The maximum atomic E-state index is 12.8. The average molecular weight is 338 g/mol. The number of hydrogen-bond donors (Lipinski definition) is 1. The highest BCUT2D eigenvalue weighted by molar-refractivity contribution is 6.33. The first-order valence-electron chi connectivity index (χ1n) is 7.85. The molecule has 0 bridgehead atoms. The van der Waals surface area contributed by atoms with Gasteiger partial charge in [-0.3, -0.25) is 4.79 Å². The Balaban J connectivity index is 1.94. The van der Waals surface area contributed by atoms with Gasteiger partial charge >= 0.3 is 5.97 Å². The van der Waals surface area contributed by atoms with E-state index in [2.05, 4.69) is 5.32 Å². The number of nitrogens with one attached hydrogen (secondary N) is 1. The standard InChI is InChI=1S/C17H20ClNO4/c1-3-22-15(21)13-14(20)16(2)9-6-10-17(16,23-13)19-12-8-5-4-7-11(12)18/h4-5,7-8,13,19H,3,6,9-10H2,1-2H3/t13?,16-,17-/m1/s1. The van der Waals surface area contributed by atoms with E-state index in [1.165, 1.54) is 0 Å². The van der Waals surface area contributed by atoms with Gasteiger partial charge in [-0.15, -0.1) is 0 Å². The maximum Gasteiger partial charge on any atom is 0.343 e. The minimum absolute atomic E-state index is 0.215. The van der Waals surface area contributed by atoms with Crippen LogP contribution >= 0.6 is 11.6 Å². The number of rotatable bonds is 4. The molecule has 124 valence electrons. The largest absolute Gasteiger partial charge is 0.464 e. The first-order valence-corrected chi connectivity index (χ1v) is 8.23. The first-order chi connectivity index (χ1) is 10.9. The van der Waals surface area contributed by atoms with Gasteiger partial charge in [0.05, 0.1) is 22.7 Å². The molecule has 2 fully saturated rings. The van der Waals surface area contributed by atoms with Gasteiger partial charge in [-0.1, -0.05) is 23.7 Å². The molecule has 6 heteroatoms. The fourth-order valence-corrected chi connectivity index (χ4v) is 3.79. The topological polar surface area (TPSA) is 64.6 Å². The third kappa shape index (κ3) is 2.42. The third-order valence-corrected chi connectivity index (χ3v) is 5.24. The van der Waals surface area contributed by atoms with E-state index in [1.807, 2.05) is 25.1 Å². The maximum absolute atomic E-state index is 12.8. The highest BCUT2D eigenvalue weighted by Crippen LogP contribution is 2.55. The minimum atomic E-state index is -1.17. The Bertz CT molecular complexity index is 649. The number of anilines is 1. The zero-order valence-electron chi connectivity index (χ0n) is 13.2. The van der Waals surface area contributed by atoms with Gasteiger partial charge in [-0.25, -0.2) is 4.79 Å². The van der Waals surface area contributed by atoms with Crippen molar-refractivity contribution in [3.05, 3.63) is 29.3 Å². The van der Waals surface area contributed by atoms with Crippen molar-refractivity contribution in [1.29, 1.82) is 0 Å². The Morgan fingerprint density at radius 1 is 1.43 bits per heavy atom. The minimum Gasteiger partial charge on any atom is -0.464 e. The lowest BCUT2D eigenvalue weighted by Gasteiger charge is -2.36. The number of halogens is 1. The molecule has 3 atom stereocenters. The van der Waals surface area contributed by atoms with Crippen LogP contribution in [0.2, 0.25) is 5.02 Å². The van der Waals surface area contributed by atoms with Gasteiger partial charge in [0, 0.05) is 0 Å². The van der Waals surface area contributed by atoms with E-state index < -0.39 is 23.2 Å². The first kappa shape index (κ1) is 16.3. The molecular weight excluding hydrogens is 318 g/mol. The summed E-state index contributed by atoms with van der Waals surface area (Å²) in [7, 11) is 0. The van der Waals surface area contributed by atoms with E-state index in [0.717, 1.165) is 6.42 Å². The number of para-hydroxylation sites is 1. The molecule has 1 N–H and O–H groups in total. The molecule has 1 unspecified atom stereocenters. The highest BCUT2D eigenvalue weighted by atomic mass is 35.5. The molecule has 5 nitrogen and oxygen atoms in total. The van der Waals surface area contributed by atoms with Crippen LogP contribution in [0.15, 0.2) is 24.3 Å². The van der Waals surface area contributed by atoms with Crippen LogP contribution in [0.5, 0.6) is 0 Å². The summed E-state index contributed by atoms with van der Waals surface area (Å²) in [5.41, 5.74) is -1.00. The fourth-order valence-electron chi connectivity index (χ4n) is 3.61. The average Bonchev–Trinajstić information content (AvgIpc) is 2.94. The van der Waals surface area contributed by atoms with Crippen LogP contribution in [0.4, 0.5) is 5.69 Å². The van der Waals surface area contributed by atoms with Crippen molar-refractivity contribution < 1.29 is 19.1 Å². The molecule has 3 rings (SSSR count). The number of ether oxygens (including phenoxy) is 2. The molecule has 2 aliphatic rings. The molecule has 23 heavy (non-hydrogen) atoms. The number of esters is 1. The van der Waals surface area contributed by atoms with Gasteiger partial charge in [0.25, 0.3) is 0 Å². The van der Waals surface area contributed by atoms with Gasteiger partial charge in [0.2, 0.25) is 6.10 Å². The normalized spacial score (nSPS) is 32.7. The predicted octanol–water partition coefficient (Wildman–Crippen LogP) is 3.17. The molecule has 0 radical (unpaired) electrons. The van der Waals surface area contributed by atoms with E-state index >= 15 is 0 Å². The van der Waals surface area contributed by atoms with Crippen LogP contribution in [0, 0.1) is 5.41 Å².